The fourth-order valence-corrected chi connectivity index (χ4v) is 4.16. The molecule has 0 radical (unpaired) electrons. The molecule has 0 aliphatic carbocycles. The molecule has 0 bridgehead atoms. The van der Waals surface area contributed by atoms with Crippen LogP contribution in [-0.4, -0.2) is 38.5 Å². The first-order valence-electron chi connectivity index (χ1n) is 8.13. The van der Waals surface area contributed by atoms with E-state index in [1.54, 1.807) is 11.3 Å². The second-order valence-corrected chi connectivity index (χ2v) is 7.26. The van der Waals surface area contributed by atoms with Crippen molar-refractivity contribution in [3.8, 4) is 0 Å². The Kier molecular flexibility index (Phi) is 4.80. The van der Waals surface area contributed by atoms with Gasteiger partial charge in [-0.05, 0) is 25.0 Å². The average Bonchev–Trinajstić information content (AvgIpc) is 3.29. The molecule has 126 valence electrons. The summed E-state index contributed by atoms with van der Waals surface area (Å²) in [7, 11) is 0. The van der Waals surface area contributed by atoms with E-state index >= 15 is 0 Å². The molecule has 7 heteroatoms. The van der Waals surface area contributed by atoms with Gasteiger partial charge in [0.15, 0.2) is 10.1 Å². The summed E-state index contributed by atoms with van der Waals surface area (Å²) < 4.78 is 7.90. The Labute approximate surface area is 149 Å². The minimum atomic E-state index is 0.290. The molecular weight excluding hydrogens is 344 g/mol. The summed E-state index contributed by atoms with van der Waals surface area (Å²) in [5.41, 5.74) is 2.08. The first-order chi connectivity index (χ1) is 11.8. The largest absolute Gasteiger partial charge is 0.377 e. The van der Waals surface area contributed by atoms with Crippen LogP contribution in [0.1, 0.15) is 24.2 Å². The molecule has 1 saturated heterocycles. The number of nitrogens with zero attached hydrogens (tertiary/aromatic N) is 4. The van der Waals surface area contributed by atoms with Crippen LogP contribution < -0.4 is 0 Å². The van der Waals surface area contributed by atoms with Crippen LogP contribution in [0.4, 0.5) is 0 Å². The zero-order valence-electron chi connectivity index (χ0n) is 13.3. The molecule has 3 aromatic heterocycles. The first kappa shape index (κ1) is 16.0. The van der Waals surface area contributed by atoms with Crippen LogP contribution in [0.15, 0.2) is 36.0 Å². The van der Waals surface area contributed by atoms with Crippen LogP contribution in [0.3, 0.4) is 0 Å². The van der Waals surface area contributed by atoms with Gasteiger partial charge in [0.1, 0.15) is 0 Å². The van der Waals surface area contributed by atoms with E-state index in [9.17, 15) is 0 Å². The van der Waals surface area contributed by atoms with Gasteiger partial charge in [-0.2, -0.15) is 0 Å². The standard InChI is InChI=1S/C17H19ClN4OS/c18-16-15(22-7-9-24-17(22)20-16)12-21(11-14-5-3-8-23-14)10-13-4-1-2-6-19-13/h1-2,4,6-7,9,14H,3,5,8,10-12H2/t14-/m1/s1. The van der Waals surface area contributed by atoms with Crippen molar-refractivity contribution >= 4 is 27.9 Å². The number of hydrogen-bond acceptors (Lipinski definition) is 5. The number of fused-ring (bicyclic) bond motifs is 1. The lowest BCUT2D eigenvalue weighted by Crippen LogP contribution is -2.32. The lowest BCUT2D eigenvalue weighted by atomic mass is 10.2. The Balaban J connectivity index is 1.56. The Morgan fingerprint density at radius 1 is 1.38 bits per heavy atom. The fourth-order valence-electron chi connectivity index (χ4n) is 3.14. The SMILES string of the molecule is Clc1nc2sccn2c1CN(Cc1ccccn1)C[C@H]1CCCO1. The molecular formula is C17H19ClN4OS. The van der Waals surface area contributed by atoms with Crippen LogP contribution in [0.25, 0.3) is 4.96 Å². The lowest BCUT2D eigenvalue weighted by molar-refractivity contribution is 0.0670. The van der Waals surface area contributed by atoms with E-state index in [1.807, 2.05) is 29.9 Å². The highest BCUT2D eigenvalue weighted by Gasteiger charge is 2.22. The highest BCUT2D eigenvalue weighted by molar-refractivity contribution is 7.15. The lowest BCUT2D eigenvalue weighted by Gasteiger charge is -2.24. The molecule has 1 aliphatic rings. The molecule has 4 rings (SSSR count). The molecule has 1 aliphatic heterocycles. The molecule has 0 unspecified atom stereocenters. The summed E-state index contributed by atoms with van der Waals surface area (Å²) in [5, 5.41) is 2.62. The van der Waals surface area contributed by atoms with Gasteiger partial charge >= 0.3 is 0 Å². The second kappa shape index (κ2) is 7.19. The number of thiazole rings is 1. The number of aromatic nitrogens is 3. The molecule has 5 nitrogen and oxygen atoms in total. The van der Waals surface area contributed by atoms with Crippen molar-refractivity contribution in [3.05, 3.63) is 52.5 Å². The predicted molar refractivity (Wildman–Crippen MR) is 95.4 cm³/mol. The van der Waals surface area contributed by atoms with Gasteiger partial charge in [0.25, 0.3) is 0 Å². The maximum Gasteiger partial charge on any atom is 0.195 e. The predicted octanol–water partition coefficient (Wildman–Crippen LogP) is 3.63. The summed E-state index contributed by atoms with van der Waals surface area (Å²) >= 11 is 7.97. The molecule has 0 aromatic carbocycles. The zero-order valence-corrected chi connectivity index (χ0v) is 14.8. The molecule has 0 saturated carbocycles. The van der Waals surface area contributed by atoms with Crippen molar-refractivity contribution in [2.45, 2.75) is 32.0 Å². The summed E-state index contributed by atoms with van der Waals surface area (Å²) in [5.74, 6) is 0. The number of rotatable bonds is 6. The first-order valence-corrected chi connectivity index (χ1v) is 9.39. The molecule has 1 atom stereocenters. The number of hydrogen-bond donors (Lipinski definition) is 0. The minimum Gasteiger partial charge on any atom is -0.377 e. The van der Waals surface area contributed by atoms with E-state index in [2.05, 4.69) is 25.3 Å². The van der Waals surface area contributed by atoms with Crippen molar-refractivity contribution in [1.82, 2.24) is 19.3 Å². The van der Waals surface area contributed by atoms with E-state index in [-0.39, 0.29) is 0 Å². The zero-order chi connectivity index (χ0) is 16.4. The molecule has 0 amide bonds. The van der Waals surface area contributed by atoms with Crippen molar-refractivity contribution in [2.24, 2.45) is 0 Å². The quantitative estimate of drug-likeness (QED) is 0.671. The Bertz CT molecular complexity index is 797. The topological polar surface area (TPSA) is 42.7 Å². The monoisotopic (exact) mass is 362 g/mol. The van der Waals surface area contributed by atoms with E-state index in [4.69, 9.17) is 16.3 Å². The Hall–Kier alpha value is -1.47. The maximum atomic E-state index is 6.37. The Morgan fingerprint density at radius 2 is 2.33 bits per heavy atom. The third-order valence-electron chi connectivity index (χ3n) is 4.28. The smallest absolute Gasteiger partial charge is 0.195 e. The van der Waals surface area contributed by atoms with Gasteiger partial charge in [0.2, 0.25) is 0 Å². The van der Waals surface area contributed by atoms with Gasteiger partial charge in [-0.25, -0.2) is 4.98 Å². The molecule has 4 heterocycles. The summed E-state index contributed by atoms with van der Waals surface area (Å²) in [6.45, 7) is 3.25. The van der Waals surface area contributed by atoms with Crippen molar-refractivity contribution < 1.29 is 4.74 Å². The van der Waals surface area contributed by atoms with Crippen molar-refractivity contribution in [2.75, 3.05) is 13.2 Å². The maximum absolute atomic E-state index is 6.37. The number of imidazole rings is 1. The van der Waals surface area contributed by atoms with Gasteiger partial charge in [0.05, 0.1) is 17.5 Å². The molecule has 1 fully saturated rings. The van der Waals surface area contributed by atoms with Crippen LogP contribution in [0, 0.1) is 0 Å². The average molecular weight is 363 g/mol. The van der Waals surface area contributed by atoms with Gasteiger partial charge in [-0.15, -0.1) is 11.3 Å². The van der Waals surface area contributed by atoms with Crippen LogP contribution in [0.5, 0.6) is 0 Å². The van der Waals surface area contributed by atoms with Gasteiger partial charge in [-0.3, -0.25) is 14.3 Å². The molecule has 0 spiro atoms. The van der Waals surface area contributed by atoms with Crippen LogP contribution >= 0.6 is 22.9 Å². The number of halogens is 1. The van der Waals surface area contributed by atoms with Gasteiger partial charge in [-0.1, -0.05) is 17.7 Å². The molecule has 3 aromatic rings. The second-order valence-electron chi connectivity index (χ2n) is 6.03. The molecule has 24 heavy (non-hydrogen) atoms. The van der Waals surface area contributed by atoms with Crippen LogP contribution in [-0.2, 0) is 17.8 Å². The fraction of sp³-hybridized carbons (Fsp3) is 0.412. The highest BCUT2D eigenvalue weighted by Crippen LogP contribution is 2.24. The number of ether oxygens (including phenoxy) is 1. The number of pyridine rings is 1. The van der Waals surface area contributed by atoms with Crippen molar-refractivity contribution in [1.29, 1.82) is 0 Å². The third-order valence-corrected chi connectivity index (χ3v) is 5.34. The third kappa shape index (κ3) is 3.47. The van der Waals surface area contributed by atoms with Gasteiger partial charge in [0, 0.05) is 44.0 Å². The normalized spacial score (nSPS) is 18.0. The summed E-state index contributed by atoms with van der Waals surface area (Å²) in [4.78, 5) is 12.2. The minimum absolute atomic E-state index is 0.290. The van der Waals surface area contributed by atoms with Gasteiger partial charge < -0.3 is 4.74 Å². The van der Waals surface area contributed by atoms with E-state index in [1.165, 1.54) is 0 Å². The van der Waals surface area contributed by atoms with E-state index < -0.39 is 0 Å². The van der Waals surface area contributed by atoms with E-state index in [0.29, 0.717) is 11.3 Å². The summed E-state index contributed by atoms with van der Waals surface area (Å²) in [6, 6.07) is 6.02. The molecule has 0 N–H and O–H groups in total. The highest BCUT2D eigenvalue weighted by atomic mass is 35.5. The van der Waals surface area contributed by atoms with E-state index in [0.717, 1.165) is 55.4 Å². The summed E-state index contributed by atoms with van der Waals surface area (Å²) in [6.07, 6.45) is 6.41. The van der Waals surface area contributed by atoms with Crippen molar-refractivity contribution in [3.63, 3.8) is 0 Å². The Morgan fingerprint density at radius 3 is 3.12 bits per heavy atom. The van der Waals surface area contributed by atoms with Crippen LogP contribution in [0.2, 0.25) is 5.15 Å².